The van der Waals surface area contributed by atoms with Crippen LogP contribution in [0.4, 0.5) is 9.59 Å². The van der Waals surface area contributed by atoms with Gasteiger partial charge in [0.25, 0.3) is 0 Å². The predicted octanol–water partition coefficient (Wildman–Crippen LogP) is 9.87. The molecule has 2 amide bonds. The molecule has 53 heavy (non-hydrogen) atoms. The van der Waals surface area contributed by atoms with Crippen molar-refractivity contribution in [3.63, 3.8) is 0 Å². The minimum absolute atomic E-state index is 0.0592. The van der Waals surface area contributed by atoms with Crippen LogP contribution in [-0.2, 0) is 23.7 Å². The van der Waals surface area contributed by atoms with Crippen molar-refractivity contribution < 1.29 is 33.3 Å². The van der Waals surface area contributed by atoms with E-state index >= 15 is 0 Å². The molecule has 4 aliphatic rings. The number of alkyl carbamates (subject to hydrolysis) is 2. The molecule has 306 valence electrons. The van der Waals surface area contributed by atoms with Crippen LogP contribution in [-0.4, -0.2) is 75.6 Å². The largest absolute Gasteiger partial charge is 0.446 e. The van der Waals surface area contributed by atoms with Crippen LogP contribution >= 0.6 is 0 Å². The summed E-state index contributed by atoms with van der Waals surface area (Å²) in [6, 6.07) is 0. The lowest BCUT2D eigenvalue weighted by molar-refractivity contribution is -0.0581. The molecule has 0 aromatic carbocycles. The SMILES string of the molecule is CC(C)CCCC(C)C1CCC2C3CC=C4CC(OC(=O)NCCOCCOCCNC(=O)OC(C)(C)CCOC(C)(C)C)CCC4(C)C3CCC12C. The van der Waals surface area contributed by atoms with Crippen LogP contribution in [0.15, 0.2) is 11.6 Å². The number of ether oxygens (including phenoxy) is 5. The quantitative estimate of drug-likeness (QED) is 0.100. The van der Waals surface area contributed by atoms with E-state index in [0.29, 0.717) is 58.0 Å². The third-order valence-electron chi connectivity index (χ3n) is 13.5. The minimum atomic E-state index is -0.623. The van der Waals surface area contributed by atoms with Gasteiger partial charge < -0.3 is 34.3 Å². The number of nitrogens with one attached hydrogen (secondary N) is 2. The van der Waals surface area contributed by atoms with Crippen molar-refractivity contribution in [3.8, 4) is 0 Å². The summed E-state index contributed by atoms with van der Waals surface area (Å²) in [7, 11) is 0. The van der Waals surface area contributed by atoms with E-state index in [9.17, 15) is 9.59 Å². The summed E-state index contributed by atoms with van der Waals surface area (Å²) in [5.74, 6) is 4.97. The highest BCUT2D eigenvalue weighted by Crippen LogP contribution is 2.67. The molecule has 0 bridgehead atoms. The lowest BCUT2D eigenvalue weighted by Crippen LogP contribution is -2.51. The first-order chi connectivity index (χ1) is 24.9. The topological polar surface area (TPSA) is 104 Å². The Kier molecular flexibility index (Phi) is 16.0. The van der Waals surface area contributed by atoms with E-state index in [4.69, 9.17) is 23.7 Å². The van der Waals surface area contributed by atoms with Gasteiger partial charge in [-0.25, -0.2) is 9.59 Å². The Morgan fingerprint density at radius 2 is 1.51 bits per heavy atom. The fourth-order valence-corrected chi connectivity index (χ4v) is 10.7. The van der Waals surface area contributed by atoms with Crippen LogP contribution < -0.4 is 10.6 Å². The monoisotopic (exact) mass is 747 g/mol. The maximum absolute atomic E-state index is 12.7. The van der Waals surface area contributed by atoms with E-state index in [1.165, 1.54) is 51.4 Å². The van der Waals surface area contributed by atoms with Gasteiger partial charge in [-0.3, -0.25) is 0 Å². The Morgan fingerprint density at radius 3 is 2.17 bits per heavy atom. The van der Waals surface area contributed by atoms with E-state index in [-0.39, 0.29) is 23.2 Å². The molecule has 3 saturated carbocycles. The smallest absolute Gasteiger partial charge is 0.407 e. The van der Waals surface area contributed by atoms with Gasteiger partial charge in [0.05, 0.1) is 38.6 Å². The Hall–Kier alpha value is -1.84. The minimum Gasteiger partial charge on any atom is -0.446 e. The van der Waals surface area contributed by atoms with Crippen LogP contribution in [0.1, 0.15) is 146 Å². The van der Waals surface area contributed by atoms with Crippen molar-refractivity contribution in [1.29, 1.82) is 0 Å². The number of carbonyl (C=O) groups is 2. The lowest BCUT2D eigenvalue weighted by Gasteiger charge is -2.58. The molecule has 8 atom stereocenters. The van der Waals surface area contributed by atoms with E-state index in [1.54, 1.807) is 5.57 Å². The number of carbonyl (C=O) groups excluding carboxylic acids is 2. The first-order valence-electron chi connectivity index (χ1n) is 21.3. The molecule has 0 aromatic heterocycles. The fourth-order valence-electron chi connectivity index (χ4n) is 10.7. The highest BCUT2D eigenvalue weighted by Gasteiger charge is 2.59. The Balaban J connectivity index is 1.07. The van der Waals surface area contributed by atoms with Crippen molar-refractivity contribution in [2.75, 3.05) is 46.1 Å². The number of amides is 2. The first-order valence-corrected chi connectivity index (χ1v) is 21.3. The van der Waals surface area contributed by atoms with Crippen molar-refractivity contribution in [1.82, 2.24) is 10.6 Å². The molecule has 0 spiro atoms. The number of allylic oxidation sites excluding steroid dienone is 1. The Morgan fingerprint density at radius 1 is 0.830 bits per heavy atom. The van der Waals surface area contributed by atoms with E-state index in [2.05, 4.69) is 51.3 Å². The summed E-state index contributed by atoms with van der Waals surface area (Å²) >= 11 is 0. The number of fused-ring (bicyclic) bond motifs is 5. The second-order valence-electron chi connectivity index (χ2n) is 19.5. The number of hydrogen-bond acceptors (Lipinski definition) is 7. The van der Waals surface area contributed by atoms with E-state index in [0.717, 1.165) is 54.8 Å². The highest BCUT2D eigenvalue weighted by molar-refractivity contribution is 5.67. The van der Waals surface area contributed by atoms with Gasteiger partial charge in [0.1, 0.15) is 11.7 Å². The first kappa shape index (κ1) is 43.9. The molecule has 2 N–H and O–H groups in total. The molecule has 3 fully saturated rings. The maximum Gasteiger partial charge on any atom is 0.407 e. The molecule has 0 heterocycles. The highest BCUT2D eigenvalue weighted by atomic mass is 16.6. The summed E-state index contributed by atoms with van der Waals surface area (Å²) in [5.41, 5.74) is 1.45. The molecule has 0 saturated heterocycles. The van der Waals surface area contributed by atoms with Gasteiger partial charge in [0, 0.05) is 25.9 Å². The summed E-state index contributed by atoms with van der Waals surface area (Å²) in [6.45, 7) is 25.0. The number of rotatable bonds is 19. The normalized spacial score (nSPS) is 30.5. The predicted molar refractivity (Wildman–Crippen MR) is 212 cm³/mol. The summed E-state index contributed by atoms with van der Waals surface area (Å²) in [6.07, 6.45) is 16.2. The molecule has 9 nitrogen and oxygen atoms in total. The Labute approximate surface area is 323 Å². The van der Waals surface area contributed by atoms with Crippen LogP contribution in [0.5, 0.6) is 0 Å². The molecule has 0 aliphatic heterocycles. The Bertz CT molecular complexity index is 1200. The second-order valence-corrected chi connectivity index (χ2v) is 19.5. The summed E-state index contributed by atoms with van der Waals surface area (Å²) < 4.78 is 28.4. The standard InChI is InChI=1S/C44H78N2O7/c1-31(2)12-11-13-32(3)36-16-17-37-35-15-14-33-30-34(18-20-43(33,9)38(35)19-21-44(36,37)10)52-39(47)45-23-26-49-28-29-50-27-24-46-40(48)53-42(7,8)22-25-51-41(4,5)6/h14,31-32,34-38H,11-13,15-30H2,1-10H3,(H,45,47)(H,46,48). The van der Waals surface area contributed by atoms with Crippen LogP contribution in [0.3, 0.4) is 0 Å². The zero-order valence-electron chi connectivity index (χ0n) is 35.4. The maximum atomic E-state index is 12.7. The fraction of sp³-hybridized carbons (Fsp3) is 0.909. The molecular weight excluding hydrogens is 668 g/mol. The average molecular weight is 747 g/mol. The third-order valence-corrected chi connectivity index (χ3v) is 13.5. The van der Waals surface area contributed by atoms with Gasteiger partial charge in [-0.05, 0) is 126 Å². The third kappa shape index (κ3) is 12.6. The zero-order valence-corrected chi connectivity index (χ0v) is 35.4. The van der Waals surface area contributed by atoms with E-state index < -0.39 is 11.7 Å². The van der Waals surface area contributed by atoms with Crippen LogP contribution in [0.2, 0.25) is 0 Å². The van der Waals surface area contributed by atoms with Gasteiger partial charge in [-0.15, -0.1) is 0 Å². The molecule has 4 rings (SSSR count). The van der Waals surface area contributed by atoms with Gasteiger partial charge in [-0.2, -0.15) is 0 Å². The molecule has 0 radical (unpaired) electrons. The van der Waals surface area contributed by atoms with Gasteiger partial charge in [0.15, 0.2) is 0 Å². The number of hydrogen-bond donors (Lipinski definition) is 2. The van der Waals surface area contributed by atoms with Crippen molar-refractivity contribution >= 4 is 12.2 Å². The van der Waals surface area contributed by atoms with Crippen LogP contribution in [0.25, 0.3) is 0 Å². The molecule has 0 aromatic rings. The second kappa shape index (κ2) is 19.3. The van der Waals surface area contributed by atoms with Crippen molar-refractivity contribution in [2.45, 2.75) is 164 Å². The van der Waals surface area contributed by atoms with Crippen molar-refractivity contribution in [2.24, 2.45) is 46.3 Å². The molecule has 8 unspecified atom stereocenters. The summed E-state index contributed by atoms with van der Waals surface area (Å²) in [4.78, 5) is 24.8. The lowest BCUT2D eigenvalue weighted by atomic mass is 9.47. The zero-order chi connectivity index (χ0) is 38.9. The average Bonchev–Trinajstić information content (AvgIpc) is 3.42. The molecular formula is C44H78N2O7. The molecule has 9 heteroatoms. The van der Waals surface area contributed by atoms with Gasteiger partial charge in [-0.1, -0.05) is 65.5 Å². The molecule has 4 aliphatic carbocycles. The summed E-state index contributed by atoms with van der Waals surface area (Å²) in [5, 5.41) is 5.58. The van der Waals surface area contributed by atoms with Crippen LogP contribution in [0, 0.1) is 46.3 Å². The van der Waals surface area contributed by atoms with Gasteiger partial charge >= 0.3 is 12.2 Å². The van der Waals surface area contributed by atoms with Gasteiger partial charge in [0.2, 0.25) is 0 Å². The van der Waals surface area contributed by atoms with E-state index in [1.807, 2.05) is 34.6 Å². The van der Waals surface area contributed by atoms with Crippen molar-refractivity contribution in [3.05, 3.63) is 11.6 Å².